The van der Waals surface area contributed by atoms with Gasteiger partial charge in [-0.3, -0.25) is 4.79 Å². The SMILES string of the molecule is O=C(NCCCCCCl)c1ccc(Br)s1. The zero-order valence-electron chi connectivity index (χ0n) is 8.26. The molecule has 84 valence electrons. The highest BCUT2D eigenvalue weighted by Crippen LogP contribution is 2.21. The summed E-state index contributed by atoms with van der Waals surface area (Å²) in [5.41, 5.74) is 0. The topological polar surface area (TPSA) is 29.1 Å². The van der Waals surface area contributed by atoms with Crippen LogP contribution in [0.3, 0.4) is 0 Å². The Balaban J connectivity index is 2.19. The maximum Gasteiger partial charge on any atom is 0.261 e. The van der Waals surface area contributed by atoms with Crippen molar-refractivity contribution in [2.24, 2.45) is 0 Å². The Hall–Kier alpha value is -0.0600. The standard InChI is InChI=1S/C10H13BrClNOS/c11-9-5-4-8(15-9)10(14)13-7-3-1-2-6-12/h4-5H,1-3,6-7H2,(H,13,14). The number of nitrogens with one attached hydrogen (secondary N) is 1. The molecule has 0 aliphatic carbocycles. The zero-order valence-corrected chi connectivity index (χ0v) is 11.4. The number of hydrogen-bond donors (Lipinski definition) is 1. The van der Waals surface area contributed by atoms with E-state index < -0.39 is 0 Å². The van der Waals surface area contributed by atoms with Crippen molar-refractivity contribution in [1.82, 2.24) is 5.32 Å². The first-order valence-electron chi connectivity index (χ1n) is 4.83. The molecule has 0 radical (unpaired) electrons. The van der Waals surface area contributed by atoms with Gasteiger partial charge in [-0.05, 0) is 40.9 Å². The molecule has 5 heteroatoms. The van der Waals surface area contributed by atoms with Crippen LogP contribution in [0.25, 0.3) is 0 Å². The minimum absolute atomic E-state index is 0.0107. The van der Waals surface area contributed by atoms with E-state index in [2.05, 4.69) is 21.2 Å². The fraction of sp³-hybridized carbons (Fsp3) is 0.500. The first-order chi connectivity index (χ1) is 7.24. The maximum atomic E-state index is 11.5. The third kappa shape index (κ3) is 5.00. The van der Waals surface area contributed by atoms with E-state index >= 15 is 0 Å². The van der Waals surface area contributed by atoms with E-state index in [0.29, 0.717) is 5.88 Å². The van der Waals surface area contributed by atoms with Gasteiger partial charge in [-0.25, -0.2) is 0 Å². The van der Waals surface area contributed by atoms with Crippen molar-refractivity contribution in [3.05, 3.63) is 20.8 Å². The summed E-state index contributed by atoms with van der Waals surface area (Å²) in [5, 5.41) is 2.88. The summed E-state index contributed by atoms with van der Waals surface area (Å²) in [5.74, 6) is 0.711. The molecule has 0 atom stereocenters. The molecule has 1 N–H and O–H groups in total. The summed E-state index contributed by atoms with van der Waals surface area (Å²) in [6, 6.07) is 3.70. The molecule has 0 aliphatic rings. The van der Waals surface area contributed by atoms with Gasteiger partial charge in [0.2, 0.25) is 0 Å². The van der Waals surface area contributed by atoms with E-state index in [9.17, 15) is 4.79 Å². The van der Waals surface area contributed by atoms with Gasteiger partial charge in [0, 0.05) is 12.4 Å². The first-order valence-corrected chi connectivity index (χ1v) is 6.98. The molecule has 0 saturated heterocycles. The van der Waals surface area contributed by atoms with Gasteiger partial charge in [0.25, 0.3) is 5.91 Å². The lowest BCUT2D eigenvalue weighted by Crippen LogP contribution is -2.23. The van der Waals surface area contributed by atoms with Crippen molar-refractivity contribution in [3.63, 3.8) is 0 Å². The quantitative estimate of drug-likeness (QED) is 0.630. The van der Waals surface area contributed by atoms with Crippen LogP contribution in [-0.4, -0.2) is 18.3 Å². The highest BCUT2D eigenvalue weighted by atomic mass is 79.9. The number of halogens is 2. The number of carbonyl (C=O) groups excluding carboxylic acids is 1. The molecule has 0 aliphatic heterocycles. The van der Waals surface area contributed by atoms with Crippen LogP contribution >= 0.6 is 38.9 Å². The number of thiophene rings is 1. The van der Waals surface area contributed by atoms with Crippen LogP contribution in [0.5, 0.6) is 0 Å². The van der Waals surface area contributed by atoms with Gasteiger partial charge >= 0.3 is 0 Å². The Morgan fingerprint density at radius 1 is 1.40 bits per heavy atom. The van der Waals surface area contributed by atoms with Gasteiger partial charge in [-0.15, -0.1) is 22.9 Å². The van der Waals surface area contributed by atoms with Crippen LogP contribution in [-0.2, 0) is 0 Å². The summed E-state index contributed by atoms with van der Waals surface area (Å²) < 4.78 is 0.981. The minimum Gasteiger partial charge on any atom is -0.351 e. The molecule has 0 spiro atoms. The van der Waals surface area contributed by atoms with Crippen molar-refractivity contribution in [1.29, 1.82) is 0 Å². The van der Waals surface area contributed by atoms with Crippen LogP contribution in [0.2, 0.25) is 0 Å². The molecule has 0 bridgehead atoms. The normalized spacial score (nSPS) is 10.3. The predicted octanol–water partition coefficient (Wildman–Crippen LogP) is 3.65. The Morgan fingerprint density at radius 3 is 2.80 bits per heavy atom. The van der Waals surface area contributed by atoms with Gasteiger partial charge in [0.15, 0.2) is 0 Å². The highest BCUT2D eigenvalue weighted by Gasteiger charge is 2.06. The second-order valence-corrected chi connectivity index (χ2v) is 5.95. The van der Waals surface area contributed by atoms with E-state index in [4.69, 9.17) is 11.6 Å². The number of rotatable bonds is 6. The smallest absolute Gasteiger partial charge is 0.261 e. The van der Waals surface area contributed by atoms with Crippen LogP contribution in [0, 0.1) is 0 Å². The molecular formula is C10H13BrClNOS. The molecule has 0 aromatic carbocycles. The third-order valence-electron chi connectivity index (χ3n) is 1.89. The van der Waals surface area contributed by atoms with Crippen molar-refractivity contribution in [2.45, 2.75) is 19.3 Å². The molecular weight excluding hydrogens is 298 g/mol. The molecule has 0 fully saturated rings. The predicted molar refractivity (Wildman–Crippen MR) is 68.9 cm³/mol. The number of amides is 1. The van der Waals surface area contributed by atoms with E-state index in [0.717, 1.165) is 34.5 Å². The fourth-order valence-electron chi connectivity index (χ4n) is 1.12. The summed E-state index contributed by atoms with van der Waals surface area (Å²) >= 11 is 10.3. The lowest BCUT2D eigenvalue weighted by molar-refractivity contribution is 0.0957. The molecule has 0 unspecified atom stereocenters. The maximum absolute atomic E-state index is 11.5. The lowest BCUT2D eigenvalue weighted by atomic mass is 10.2. The monoisotopic (exact) mass is 309 g/mol. The molecule has 15 heavy (non-hydrogen) atoms. The summed E-state index contributed by atoms with van der Waals surface area (Å²) in [4.78, 5) is 12.3. The molecule has 0 saturated carbocycles. The van der Waals surface area contributed by atoms with Gasteiger partial charge < -0.3 is 5.32 Å². The number of unbranched alkanes of at least 4 members (excludes halogenated alkanes) is 2. The molecule has 1 amide bonds. The van der Waals surface area contributed by atoms with Crippen LogP contribution in [0.15, 0.2) is 15.9 Å². The number of alkyl halides is 1. The summed E-state index contributed by atoms with van der Waals surface area (Å²) in [6.07, 6.45) is 3.07. The van der Waals surface area contributed by atoms with Gasteiger partial charge in [-0.1, -0.05) is 6.42 Å². The average Bonchev–Trinajstić information content (AvgIpc) is 2.64. The average molecular weight is 311 g/mol. The summed E-state index contributed by atoms with van der Waals surface area (Å²) in [6.45, 7) is 0.727. The van der Waals surface area contributed by atoms with Crippen LogP contribution in [0.4, 0.5) is 0 Å². The van der Waals surface area contributed by atoms with Crippen molar-refractivity contribution < 1.29 is 4.79 Å². The molecule has 1 heterocycles. The molecule has 1 rings (SSSR count). The highest BCUT2D eigenvalue weighted by molar-refractivity contribution is 9.11. The van der Waals surface area contributed by atoms with Crippen LogP contribution < -0.4 is 5.32 Å². The number of hydrogen-bond acceptors (Lipinski definition) is 2. The largest absolute Gasteiger partial charge is 0.351 e. The van der Waals surface area contributed by atoms with Crippen molar-refractivity contribution in [3.8, 4) is 0 Å². The van der Waals surface area contributed by atoms with E-state index in [1.807, 2.05) is 12.1 Å². The van der Waals surface area contributed by atoms with Gasteiger partial charge in [0.05, 0.1) is 8.66 Å². The zero-order chi connectivity index (χ0) is 11.1. The summed E-state index contributed by atoms with van der Waals surface area (Å²) in [7, 11) is 0. The second kappa shape index (κ2) is 7.25. The Morgan fingerprint density at radius 2 is 2.20 bits per heavy atom. The van der Waals surface area contributed by atoms with E-state index in [1.54, 1.807) is 0 Å². The van der Waals surface area contributed by atoms with E-state index in [1.165, 1.54) is 11.3 Å². The Kier molecular flexibility index (Phi) is 6.29. The fourth-order valence-corrected chi connectivity index (χ4v) is 2.61. The third-order valence-corrected chi connectivity index (χ3v) is 3.78. The Labute approximate surface area is 107 Å². The first kappa shape index (κ1) is 13.0. The Bertz CT molecular complexity index is 316. The van der Waals surface area contributed by atoms with Crippen molar-refractivity contribution in [2.75, 3.05) is 12.4 Å². The minimum atomic E-state index is 0.0107. The molecule has 2 nitrogen and oxygen atoms in total. The molecule has 1 aromatic rings. The number of carbonyl (C=O) groups is 1. The van der Waals surface area contributed by atoms with Gasteiger partial charge in [-0.2, -0.15) is 0 Å². The van der Waals surface area contributed by atoms with Gasteiger partial charge in [0.1, 0.15) is 0 Å². The van der Waals surface area contributed by atoms with E-state index in [-0.39, 0.29) is 5.91 Å². The van der Waals surface area contributed by atoms with Crippen LogP contribution in [0.1, 0.15) is 28.9 Å². The molecule has 1 aromatic heterocycles. The lowest BCUT2D eigenvalue weighted by Gasteiger charge is -2.02. The second-order valence-electron chi connectivity index (χ2n) is 3.11. The van der Waals surface area contributed by atoms with Crippen molar-refractivity contribution >= 4 is 44.8 Å².